The fraction of sp³-hybridized carbons (Fsp3) is 1.00. The summed E-state index contributed by atoms with van der Waals surface area (Å²) in [6.07, 6.45) is 0. The third-order valence-corrected chi connectivity index (χ3v) is 6.59. The summed E-state index contributed by atoms with van der Waals surface area (Å²) in [6, 6.07) is 1.44. The van der Waals surface area contributed by atoms with Gasteiger partial charge in [0, 0.05) is 24.2 Å². The van der Waals surface area contributed by atoms with Crippen LogP contribution in [0.5, 0.6) is 0 Å². The van der Waals surface area contributed by atoms with Crippen LogP contribution in [0.1, 0.15) is 55.4 Å². The highest BCUT2D eigenvalue weighted by Crippen LogP contribution is 2.61. The average molecular weight is 263 g/mol. The first-order chi connectivity index (χ1) is 7.53. The van der Waals surface area contributed by atoms with Crippen LogP contribution in [0.4, 0.5) is 0 Å². The van der Waals surface area contributed by atoms with E-state index in [2.05, 4.69) is 64.7 Å². The Hall–Kier alpha value is 0.310. The Morgan fingerprint density at radius 3 is 0.941 bits per heavy atom. The van der Waals surface area contributed by atoms with E-state index >= 15 is 0 Å². The highest BCUT2D eigenvalue weighted by Gasteiger charge is 2.50. The highest BCUT2D eigenvalue weighted by atomic mass is 31.2. The predicted octanol–water partition coefficient (Wildman–Crippen LogP) is 3.61. The van der Waals surface area contributed by atoms with Gasteiger partial charge in [-0.05, 0) is 55.4 Å². The normalized spacial score (nSPS) is 14.1. The molecule has 0 saturated carbocycles. The van der Waals surface area contributed by atoms with E-state index in [1.807, 2.05) is 6.66 Å². The summed E-state index contributed by atoms with van der Waals surface area (Å²) in [5.41, 5.74) is 0. The fourth-order valence-corrected chi connectivity index (χ4v) is 6.80. The van der Waals surface area contributed by atoms with Gasteiger partial charge in [-0.25, -0.2) is 4.89 Å². The van der Waals surface area contributed by atoms with Crippen LogP contribution in [0.15, 0.2) is 0 Å². The van der Waals surface area contributed by atoms with Gasteiger partial charge >= 0.3 is 0 Å². The van der Waals surface area contributed by atoms with Gasteiger partial charge < -0.3 is 0 Å². The molecule has 0 heterocycles. The maximum atomic E-state index is 11.1. The Morgan fingerprint density at radius 2 is 0.824 bits per heavy atom. The van der Waals surface area contributed by atoms with Crippen molar-refractivity contribution in [1.29, 1.82) is 0 Å². The summed E-state index contributed by atoms with van der Waals surface area (Å²) in [4.78, 5) is 11.1. The fourth-order valence-electron chi connectivity index (χ4n) is 3.06. The molecule has 0 unspecified atom stereocenters. The number of hydrogen-bond acceptors (Lipinski definition) is 3. The van der Waals surface area contributed by atoms with Gasteiger partial charge in [-0.1, -0.05) is 0 Å². The molecule has 104 valence electrons. The van der Waals surface area contributed by atoms with Crippen molar-refractivity contribution in [3.63, 3.8) is 0 Å². The quantitative estimate of drug-likeness (QED) is 0.742. The molecule has 1 N–H and O–H groups in total. The molecule has 0 aliphatic rings. The summed E-state index contributed by atoms with van der Waals surface area (Å²) in [7, 11) is -2.22. The van der Waals surface area contributed by atoms with E-state index in [0.717, 1.165) is 0 Å². The molecule has 0 atom stereocenters. The minimum Gasteiger partial charge on any atom is -0.213 e. The summed E-state index contributed by atoms with van der Waals surface area (Å²) in [5, 5.41) is 0. The molecule has 0 aromatic carbocycles. The van der Waals surface area contributed by atoms with Crippen LogP contribution < -0.4 is 0 Å². The Labute approximate surface area is 109 Å². The first-order valence-electron chi connectivity index (χ1n) is 6.70. The van der Waals surface area contributed by atoms with Crippen molar-refractivity contribution in [3.8, 4) is 0 Å². The third-order valence-electron chi connectivity index (χ3n) is 2.99. The molecule has 0 spiro atoms. The van der Waals surface area contributed by atoms with Gasteiger partial charge in [0.1, 0.15) is 6.66 Å². The number of nitrogens with zero attached hydrogens (tertiary/aromatic N) is 2. The van der Waals surface area contributed by atoms with E-state index in [1.54, 1.807) is 0 Å². The molecule has 0 aliphatic heterocycles. The van der Waals surface area contributed by atoms with Crippen LogP contribution in [0.2, 0.25) is 0 Å². The van der Waals surface area contributed by atoms with Crippen LogP contribution in [0.25, 0.3) is 0 Å². The predicted molar refractivity (Wildman–Crippen MR) is 79.3 cm³/mol. The average Bonchev–Trinajstić information content (AvgIpc) is 1.96. The van der Waals surface area contributed by atoms with Gasteiger partial charge in [-0.15, -0.1) is 9.34 Å². The molecule has 3 nitrogen and oxygen atoms in total. The van der Waals surface area contributed by atoms with Crippen molar-refractivity contribution in [2.45, 2.75) is 79.6 Å². The van der Waals surface area contributed by atoms with Gasteiger partial charge in [0.25, 0.3) is 7.79 Å². The lowest BCUT2D eigenvalue weighted by Crippen LogP contribution is -2.47. The lowest BCUT2D eigenvalue weighted by atomic mass is 10.3. The van der Waals surface area contributed by atoms with Gasteiger partial charge in [-0.2, -0.15) is 0 Å². The zero-order chi connectivity index (χ0) is 14.0. The standard InChI is InChI=1S/C13H32N2OP/c1-10(2)14(11(3)4)17(9,16)15(12(5)6)13(7)8/h10-13,16H,1-9H3/q+1. The topological polar surface area (TPSA) is 26.7 Å². The molecule has 0 aromatic rings. The van der Waals surface area contributed by atoms with E-state index in [4.69, 9.17) is 0 Å². The van der Waals surface area contributed by atoms with Crippen molar-refractivity contribution in [1.82, 2.24) is 9.34 Å². The maximum absolute atomic E-state index is 11.1. The monoisotopic (exact) mass is 263 g/mol. The lowest BCUT2D eigenvalue weighted by molar-refractivity contribution is 0.208. The Bertz CT molecular complexity index is 189. The van der Waals surface area contributed by atoms with Crippen LogP contribution in [0, 0.1) is 0 Å². The largest absolute Gasteiger partial charge is 0.283 e. The highest BCUT2D eigenvalue weighted by molar-refractivity contribution is 7.65. The zero-order valence-electron chi connectivity index (χ0n) is 13.1. The molecular formula is C13H32N2OP+. The molecular weight excluding hydrogens is 231 g/mol. The van der Waals surface area contributed by atoms with Crippen molar-refractivity contribution in [2.24, 2.45) is 0 Å². The molecule has 0 fully saturated rings. The molecule has 4 heteroatoms. The van der Waals surface area contributed by atoms with Gasteiger partial charge in [0.2, 0.25) is 0 Å². The van der Waals surface area contributed by atoms with Crippen LogP contribution in [0.3, 0.4) is 0 Å². The summed E-state index contributed by atoms with van der Waals surface area (Å²) < 4.78 is 4.54. The van der Waals surface area contributed by atoms with Gasteiger partial charge in [-0.3, -0.25) is 0 Å². The molecule has 0 amide bonds. The lowest BCUT2D eigenvalue weighted by Gasteiger charge is -2.43. The van der Waals surface area contributed by atoms with E-state index in [0.29, 0.717) is 24.2 Å². The first-order valence-corrected chi connectivity index (χ1v) is 8.79. The molecule has 0 aromatic heterocycles. The maximum Gasteiger partial charge on any atom is 0.283 e. The first kappa shape index (κ1) is 17.3. The van der Waals surface area contributed by atoms with Crippen LogP contribution in [-0.2, 0) is 0 Å². The van der Waals surface area contributed by atoms with Crippen molar-refractivity contribution < 1.29 is 4.89 Å². The van der Waals surface area contributed by atoms with Crippen molar-refractivity contribution in [2.75, 3.05) is 6.66 Å². The second kappa shape index (κ2) is 6.47. The van der Waals surface area contributed by atoms with Gasteiger partial charge in [0.05, 0.1) is 0 Å². The SMILES string of the molecule is CC(C)N(C(C)C)[P+](C)(O)N(C(C)C)C(C)C. The second-order valence-corrected chi connectivity index (χ2v) is 8.66. The molecule has 0 radical (unpaired) electrons. The van der Waals surface area contributed by atoms with Crippen LogP contribution >= 0.6 is 7.79 Å². The van der Waals surface area contributed by atoms with E-state index in [9.17, 15) is 4.89 Å². The van der Waals surface area contributed by atoms with E-state index in [-0.39, 0.29) is 0 Å². The Kier molecular flexibility index (Phi) is 6.59. The third kappa shape index (κ3) is 4.17. The summed E-state index contributed by atoms with van der Waals surface area (Å²) in [6.45, 7) is 19.3. The summed E-state index contributed by atoms with van der Waals surface area (Å²) >= 11 is 0. The van der Waals surface area contributed by atoms with Crippen molar-refractivity contribution in [3.05, 3.63) is 0 Å². The zero-order valence-corrected chi connectivity index (χ0v) is 14.0. The number of hydrogen-bond donors (Lipinski definition) is 1. The smallest absolute Gasteiger partial charge is 0.213 e. The minimum absolute atomic E-state index is 0.360. The van der Waals surface area contributed by atoms with Crippen LogP contribution in [-0.4, -0.2) is 45.1 Å². The Morgan fingerprint density at radius 1 is 0.647 bits per heavy atom. The summed E-state index contributed by atoms with van der Waals surface area (Å²) in [5.74, 6) is 0. The Balaban J connectivity index is 5.30. The van der Waals surface area contributed by atoms with E-state index < -0.39 is 7.79 Å². The molecule has 17 heavy (non-hydrogen) atoms. The molecule has 0 aliphatic carbocycles. The van der Waals surface area contributed by atoms with Crippen molar-refractivity contribution >= 4 is 7.79 Å². The molecule has 0 rings (SSSR count). The van der Waals surface area contributed by atoms with Gasteiger partial charge in [0.15, 0.2) is 0 Å². The second-order valence-electron chi connectivity index (χ2n) is 6.00. The number of rotatable bonds is 6. The molecule has 0 bridgehead atoms. The molecule has 0 saturated heterocycles. The van der Waals surface area contributed by atoms with E-state index in [1.165, 1.54) is 0 Å². The minimum atomic E-state index is -2.22.